The molecule has 12 heteroatoms. The number of anilines is 2. The number of imidazole rings is 1. The molecule has 1 aliphatic carbocycles. The molecule has 10 nitrogen and oxygen atoms in total. The van der Waals surface area contributed by atoms with Gasteiger partial charge in [0.2, 0.25) is 17.7 Å². The molecule has 0 unspecified atom stereocenters. The molecule has 1 saturated carbocycles. The third kappa shape index (κ3) is 4.44. The van der Waals surface area contributed by atoms with Gasteiger partial charge >= 0.3 is 5.69 Å². The predicted molar refractivity (Wildman–Crippen MR) is 137 cm³/mol. The highest BCUT2D eigenvalue weighted by Crippen LogP contribution is 2.51. The van der Waals surface area contributed by atoms with Gasteiger partial charge in [-0.05, 0) is 37.5 Å². The van der Waals surface area contributed by atoms with E-state index in [9.17, 15) is 18.4 Å². The maximum absolute atomic E-state index is 13.3. The average Bonchev–Trinajstić information content (AvgIpc) is 3.41. The van der Waals surface area contributed by atoms with E-state index < -0.39 is 11.3 Å². The van der Waals surface area contributed by atoms with Crippen LogP contribution in [0.25, 0.3) is 16.9 Å². The Labute approximate surface area is 216 Å². The first-order valence-corrected chi connectivity index (χ1v) is 12.3. The summed E-state index contributed by atoms with van der Waals surface area (Å²) in [5.74, 6) is -2.83. The second kappa shape index (κ2) is 9.03. The first kappa shape index (κ1) is 25.6. The number of nitrogens with two attached hydrogens (primary N) is 1. The zero-order valence-corrected chi connectivity index (χ0v) is 21.5. The van der Waals surface area contributed by atoms with Gasteiger partial charge in [-0.1, -0.05) is 31.1 Å². The maximum atomic E-state index is 13.3. The molecule has 3 heterocycles. The lowest BCUT2D eigenvalue weighted by Gasteiger charge is -2.44. The van der Waals surface area contributed by atoms with E-state index in [2.05, 4.69) is 20.4 Å². The van der Waals surface area contributed by atoms with Crippen LogP contribution in [0.1, 0.15) is 57.8 Å². The molecule has 1 aliphatic rings. The van der Waals surface area contributed by atoms with Gasteiger partial charge in [0.1, 0.15) is 11.8 Å². The highest BCUT2D eigenvalue weighted by molar-refractivity contribution is 5.91. The van der Waals surface area contributed by atoms with Gasteiger partial charge in [-0.25, -0.2) is 23.5 Å². The Bertz CT molecular complexity index is 1560. The van der Waals surface area contributed by atoms with Gasteiger partial charge in [0.25, 0.3) is 0 Å². The van der Waals surface area contributed by atoms with Crippen LogP contribution in [0.3, 0.4) is 0 Å². The normalized spacial score (nSPS) is 15.7. The number of hydrogen-bond acceptors (Lipinski definition) is 7. The van der Waals surface area contributed by atoms with Gasteiger partial charge in [0.05, 0.1) is 17.8 Å². The third-order valence-corrected chi connectivity index (χ3v) is 7.30. The smallest absolute Gasteiger partial charge is 0.335 e. The van der Waals surface area contributed by atoms with Gasteiger partial charge in [-0.2, -0.15) is 0 Å². The van der Waals surface area contributed by atoms with Gasteiger partial charge in [-0.15, -0.1) is 0 Å². The summed E-state index contributed by atoms with van der Waals surface area (Å²) in [6.07, 6.45) is 0.997. The predicted octanol–water partition coefficient (Wildman–Crippen LogP) is 4.24. The molecule has 0 saturated heterocycles. The first-order valence-electron chi connectivity index (χ1n) is 12.3. The lowest BCUT2D eigenvalue weighted by molar-refractivity contribution is -0.129. The van der Waals surface area contributed by atoms with E-state index in [0.29, 0.717) is 28.1 Å². The summed E-state index contributed by atoms with van der Waals surface area (Å²) in [6.45, 7) is 7.47. The first-order chi connectivity index (χ1) is 17.9. The standard InChI is InChI=1S/C26H29F2N7O3/c1-14(2)34-23-21(22(29)30-13-31-23)35(24(34)37)17-7-5-15(6-8-17)9-19(36)32-20-10-18(33-38-20)25(3,4)16-11-26(27,28)12-16/h5-8,10,13-14,16H,9,11-12H2,1-4H3,(H,32,36)(H2,29,30,31). The quantitative estimate of drug-likeness (QED) is 0.369. The number of rotatable bonds is 7. The number of nitrogen functional groups attached to an aromatic ring is 1. The minimum atomic E-state index is -2.63. The van der Waals surface area contributed by atoms with Crippen LogP contribution in [0, 0.1) is 5.92 Å². The summed E-state index contributed by atoms with van der Waals surface area (Å²) in [5.41, 5.74) is 7.85. The SMILES string of the molecule is CC(C)n1c(=O)n(-c2ccc(CC(=O)Nc3cc(C(C)(C)C4CC(F)(F)C4)no3)cc2)c2c(N)ncnc21. The topological polar surface area (TPSA) is 134 Å². The molecule has 1 aromatic carbocycles. The van der Waals surface area contributed by atoms with Crippen molar-refractivity contribution < 1.29 is 18.1 Å². The number of benzene rings is 1. The van der Waals surface area contributed by atoms with Crippen LogP contribution in [-0.2, 0) is 16.6 Å². The molecule has 38 heavy (non-hydrogen) atoms. The second-order valence-electron chi connectivity index (χ2n) is 10.7. The number of carbonyl (C=O) groups excluding carboxylic acids is 1. The van der Waals surface area contributed by atoms with E-state index in [1.165, 1.54) is 10.9 Å². The summed E-state index contributed by atoms with van der Waals surface area (Å²) in [5, 5.41) is 6.68. The second-order valence-corrected chi connectivity index (χ2v) is 10.7. The molecule has 5 rings (SSSR count). The van der Waals surface area contributed by atoms with Crippen molar-refractivity contribution in [3.8, 4) is 5.69 Å². The van der Waals surface area contributed by atoms with Crippen LogP contribution in [0.5, 0.6) is 0 Å². The van der Waals surface area contributed by atoms with Crippen LogP contribution in [0.15, 0.2) is 46.0 Å². The fourth-order valence-electron chi connectivity index (χ4n) is 4.92. The van der Waals surface area contributed by atoms with Crippen molar-refractivity contribution in [1.29, 1.82) is 0 Å². The van der Waals surface area contributed by atoms with Crippen LogP contribution < -0.4 is 16.7 Å². The lowest BCUT2D eigenvalue weighted by Crippen LogP contribution is -2.45. The van der Waals surface area contributed by atoms with Crippen molar-refractivity contribution >= 4 is 28.8 Å². The highest BCUT2D eigenvalue weighted by atomic mass is 19.3. The average molecular weight is 526 g/mol. The van der Waals surface area contributed by atoms with E-state index in [0.717, 1.165) is 0 Å². The molecular weight excluding hydrogens is 496 g/mol. The van der Waals surface area contributed by atoms with Crippen LogP contribution >= 0.6 is 0 Å². The Balaban J connectivity index is 1.30. The maximum Gasteiger partial charge on any atom is 0.335 e. The number of nitrogens with zero attached hydrogens (tertiary/aromatic N) is 5. The zero-order chi connectivity index (χ0) is 27.4. The van der Waals surface area contributed by atoms with E-state index in [-0.39, 0.29) is 54.5 Å². The van der Waals surface area contributed by atoms with Crippen LogP contribution in [0.4, 0.5) is 20.5 Å². The molecule has 1 fully saturated rings. The monoisotopic (exact) mass is 525 g/mol. The molecule has 200 valence electrons. The minimum Gasteiger partial charge on any atom is -0.382 e. The van der Waals surface area contributed by atoms with E-state index in [4.69, 9.17) is 10.3 Å². The van der Waals surface area contributed by atoms with E-state index in [1.54, 1.807) is 34.9 Å². The molecule has 0 radical (unpaired) electrons. The fourth-order valence-corrected chi connectivity index (χ4v) is 4.92. The third-order valence-electron chi connectivity index (χ3n) is 7.30. The number of carbonyl (C=O) groups is 1. The van der Waals surface area contributed by atoms with E-state index in [1.807, 2.05) is 27.7 Å². The largest absolute Gasteiger partial charge is 0.382 e. The molecule has 4 aromatic rings. The zero-order valence-electron chi connectivity index (χ0n) is 21.5. The summed E-state index contributed by atoms with van der Waals surface area (Å²) in [4.78, 5) is 34.1. The van der Waals surface area contributed by atoms with Crippen molar-refractivity contribution in [2.45, 2.75) is 64.3 Å². The highest BCUT2D eigenvalue weighted by Gasteiger charge is 2.52. The van der Waals surface area contributed by atoms with Gasteiger partial charge in [-0.3, -0.25) is 19.2 Å². The number of amides is 1. The molecule has 0 aliphatic heterocycles. The van der Waals surface area contributed by atoms with Crippen molar-refractivity contribution in [2.24, 2.45) is 5.92 Å². The van der Waals surface area contributed by atoms with Crippen molar-refractivity contribution in [3.63, 3.8) is 0 Å². The summed E-state index contributed by atoms with van der Waals surface area (Å²) in [7, 11) is 0. The number of alkyl halides is 2. The Morgan fingerprint density at radius 1 is 1.24 bits per heavy atom. The summed E-state index contributed by atoms with van der Waals surface area (Å²) >= 11 is 0. The van der Waals surface area contributed by atoms with Crippen molar-refractivity contribution in [2.75, 3.05) is 11.1 Å². The molecule has 3 N–H and O–H groups in total. The number of fused-ring (bicyclic) bond motifs is 1. The van der Waals surface area contributed by atoms with Gasteiger partial charge in [0.15, 0.2) is 11.5 Å². The molecule has 0 atom stereocenters. The molecule has 0 spiro atoms. The van der Waals surface area contributed by atoms with Crippen LogP contribution in [-0.4, -0.2) is 36.1 Å². The van der Waals surface area contributed by atoms with Gasteiger partial charge < -0.3 is 10.3 Å². The number of nitrogens with one attached hydrogen (secondary N) is 1. The Morgan fingerprint density at radius 3 is 2.55 bits per heavy atom. The van der Waals surface area contributed by atoms with Gasteiger partial charge in [0, 0.05) is 30.4 Å². The molecule has 3 aromatic heterocycles. The van der Waals surface area contributed by atoms with Crippen LogP contribution in [0.2, 0.25) is 0 Å². The number of halogens is 2. The molecule has 0 bridgehead atoms. The fraction of sp³-hybridized carbons (Fsp3) is 0.423. The van der Waals surface area contributed by atoms with Crippen molar-refractivity contribution in [1.82, 2.24) is 24.3 Å². The number of aromatic nitrogens is 5. The minimum absolute atomic E-state index is 0.0441. The summed E-state index contributed by atoms with van der Waals surface area (Å²) in [6, 6.07) is 8.38. The molecule has 1 amide bonds. The Kier molecular flexibility index (Phi) is 6.07. The lowest BCUT2D eigenvalue weighted by atomic mass is 9.64. The van der Waals surface area contributed by atoms with Crippen molar-refractivity contribution in [3.05, 3.63) is 58.4 Å². The Morgan fingerprint density at radius 2 is 1.92 bits per heavy atom. The molecular formula is C26H29F2N7O3. The van der Waals surface area contributed by atoms with E-state index >= 15 is 0 Å². The Hall–Kier alpha value is -4.09. The summed E-state index contributed by atoms with van der Waals surface area (Å²) < 4.78 is 35.0. The number of hydrogen-bond donors (Lipinski definition) is 2.